The van der Waals surface area contributed by atoms with E-state index in [2.05, 4.69) is 26.2 Å². The van der Waals surface area contributed by atoms with E-state index < -0.39 is 5.97 Å². The van der Waals surface area contributed by atoms with Crippen molar-refractivity contribution in [1.82, 2.24) is 9.55 Å². The number of carbonyl (C=O) groups is 1. The summed E-state index contributed by atoms with van der Waals surface area (Å²) >= 11 is 3.45. The Morgan fingerprint density at radius 1 is 1.42 bits per heavy atom. The van der Waals surface area contributed by atoms with Gasteiger partial charge in [0, 0.05) is 23.1 Å². The van der Waals surface area contributed by atoms with Crippen LogP contribution >= 0.6 is 15.9 Å². The monoisotopic (exact) mass is 321 g/mol. The molecular weight excluding hydrogens is 310 g/mol. The Hall–Kier alpha value is -1.82. The van der Waals surface area contributed by atoms with E-state index >= 15 is 0 Å². The number of hydrogen-bond acceptors (Lipinski definition) is 3. The molecule has 1 aromatic heterocycles. The van der Waals surface area contributed by atoms with E-state index in [0.29, 0.717) is 18.2 Å². The minimum atomic E-state index is -0.951. The molecule has 2 aromatic rings. The number of anilines is 1. The fourth-order valence-corrected chi connectivity index (χ4v) is 2.77. The van der Waals surface area contributed by atoms with Gasteiger partial charge in [0.05, 0.1) is 0 Å². The van der Waals surface area contributed by atoms with Crippen molar-refractivity contribution in [3.63, 3.8) is 0 Å². The number of benzene rings is 1. The van der Waals surface area contributed by atoms with Gasteiger partial charge in [0.2, 0.25) is 5.95 Å². The van der Waals surface area contributed by atoms with Crippen LogP contribution in [0.4, 0.5) is 5.95 Å². The summed E-state index contributed by atoms with van der Waals surface area (Å²) in [4.78, 5) is 16.0. The van der Waals surface area contributed by atoms with Gasteiger partial charge >= 0.3 is 5.97 Å². The van der Waals surface area contributed by atoms with Crippen LogP contribution in [0.1, 0.15) is 16.9 Å². The van der Waals surface area contributed by atoms with Crippen molar-refractivity contribution >= 4 is 27.8 Å². The van der Waals surface area contributed by atoms with Crippen molar-refractivity contribution in [3.05, 3.63) is 34.4 Å². The second-order valence-corrected chi connectivity index (χ2v) is 5.20. The van der Waals surface area contributed by atoms with E-state index in [0.717, 1.165) is 23.0 Å². The number of carboxylic acid groups (broad SMARTS) is 1. The van der Waals surface area contributed by atoms with Gasteiger partial charge in [-0.25, -0.2) is 9.78 Å². The van der Waals surface area contributed by atoms with E-state index in [1.54, 1.807) is 4.57 Å². The number of aromatic nitrogens is 2. The normalized spacial score (nSPS) is 13.7. The van der Waals surface area contributed by atoms with Gasteiger partial charge in [-0.15, -0.1) is 0 Å². The first-order chi connectivity index (χ1) is 9.18. The number of fused-ring (bicyclic) bond motifs is 1. The van der Waals surface area contributed by atoms with Crippen LogP contribution in [0.15, 0.2) is 28.7 Å². The SMILES string of the molecule is O=C(O)c1c(-c2ccccc2Br)nc2n1CCCN2. The Morgan fingerprint density at radius 2 is 2.21 bits per heavy atom. The summed E-state index contributed by atoms with van der Waals surface area (Å²) in [5.74, 6) is -0.317. The molecule has 0 fully saturated rings. The standard InChI is InChI=1S/C13H12BrN3O2/c14-9-5-2-1-4-8(9)10-11(12(18)19)17-7-3-6-15-13(17)16-10/h1-2,4-5H,3,6-7H2,(H,15,16)(H,18,19). The highest BCUT2D eigenvalue weighted by Gasteiger charge is 2.25. The molecule has 0 saturated carbocycles. The lowest BCUT2D eigenvalue weighted by Crippen LogP contribution is -2.20. The molecule has 0 bridgehead atoms. The highest BCUT2D eigenvalue weighted by molar-refractivity contribution is 9.10. The van der Waals surface area contributed by atoms with Gasteiger partial charge in [-0.1, -0.05) is 34.1 Å². The van der Waals surface area contributed by atoms with Gasteiger partial charge in [0.1, 0.15) is 5.69 Å². The Labute approximate surface area is 118 Å². The Balaban J connectivity index is 2.24. The quantitative estimate of drug-likeness (QED) is 0.892. The topological polar surface area (TPSA) is 67.1 Å². The van der Waals surface area contributed by atoms with Gasteiger partial charge in [-0.2, -0.15) is 0 Å². The third kappa shape index (κ3) is 2.02. The van der Waals surface area contributed by atoms with Crippen LogP contribution in [0.5, 0.6) is 0 Å². The summed E-state index contributed by atoms with van der Waals surface area (Å²) in [5, 5.41) is 12.6. The number of nitrogens with zero attached hydrogens (tertiary/aromatic N) is 2. The summed E-state index contributed by atoms with van der Waals surface area (Å²) in [5.41, 5.74) is 1.54. The lowest BCUT2D eigenvalue weighted by molar-refractivity contribution is 0.0686. The van der Waals surface area contributed by atoms with Crippen molar-refractivity contribution < 1.29 is 9.90 Å². The number of rotatable bonds is 2. The van der Waals surface area contributed by atoms with Crippen LogP contribution in [-0.2, 0) is 6.54 Å². The van der Waals surface area contributed by atoms with Crippen LogP contribution in [0.3, 0.4) is 0 Å². The molecule has 0 unspecified atom stereocenters. The minimum Gasteiger partial charge on any atom is -0.477 e. The molecule has 0 aliphatic carbocycles. The lowest BCUT2D eigenvalue weighted by Gasteiger charge is -2.16. The molecule has 6 heteroatoms. The third-order valence-electron chi connectivity index (χ3n) is 3.14. The zero-order valence-corrected chi connectivity index (χ0v) is 11.6. The number of nitrogens with one attached hydrogen (secondary N) is 1. The predicted molar refractivity (Wildman–Crippen MR) is 75.4 cm³/mol. The molecule has 19 heavy (non-hydrogen) atoms. The molecule has 2 N–H and O–H groups in total. The maximum atomic E-state index is 11.5. The molecule has 0 radical (unpaired) electrons. The molecule has 0 atom stereocenters. The molecule has 1 aliphatic rings. The van der Waals surface area contributed by atoms with Crippen molar-refractivity contribution in [2.75, 3.05) is 11.9 Å². The number of imidazole rings is 1. The zero-order chi connectivity index (χ0) is 13.4. The molecular formula is C13H12BrN3O2. The third-order valence-corrected chi connectivity index (χ3v) is 3.83. The largest absolute Gasteiger partial charge is 0.477 e. The first-order valence-corrected chi connectivity index (χ1v) is 6.80. The number of aromatic carboxylic acids is 1. The average Bonchev–Trinajstić information content (AvgIpc) is 2.78. The number of halogens is 1. The smallest absolute Gasteiger partial charge is 0.354 e. The van der Waals surface area contributed by atoms with Crippen molar-refractivity contribution in [1.29, 1.82) is 0 Å². The molecule has 5 nitrogen and oxygen atoms in total. The molecule has 2 heterocycles. The van der Waals surface area contributed by atoms with Gasteiger partial charge in [-0.3, -0.25) is 0 Å². The summed E-state index contributed by atoms with van der Waals surface area (Å²) in [6.45, 7) is 1.51. The van der Waals surface area contributed by atoms with Gasteiger partial charge < -0.3 is 15.0 Å². The predicted octanol–water partition coefficient (Wildman–Crippen LogP) is 2.83. The highest BCUT2D eigenvalue weighted by Crippen LogP contribution is 2.33. The van der Waals surface area contributed by atoms with E-state index in [1.165, 1.54) is 0 Å². The molecule has 0 amide bonds. The van der Waals surface area contributed by atoms with Crippen LogP contribution in [0, 0.1) is 0 Å². The highest BCUT2D eigenvalue weighted by atomic mass is 79.9. The van der Waals surface area contributed by atoms with Gasteiger partial charge in [-0.05, 0) is 12.5 Å². The van der Waals surface area contributed by atoms with Crippen LogP contribution in [0.25, 0.3) is 11.3 Å². The fourth-order valence-electron chi connectivity index (χ4n) is 2.30. The molecule has 3 rings (SSSR count). The lowest BCUT2D eigenvalue weighted by atomic mass is 10.1. The maximum absolute atomic E-state index is 11.5. The van der Waals surface area contributed by atoms with Crippen LogP contribution in [0.2, 0.25) is 0 Å². The van der Waals surface area contributed by atoms with E-state index in [9.17, 15) is 9.90 Å². The van der Waals surface area contributed by atoms with Gasteiger partial charge in [0.15, 0.2) is 5.69 Å². The van der Waals surface area contributed by atoms with E-state index in [1.807, 2.05) is 24.3 Å². The average molecular weight is 322 g/mol. The minimum absolute atomic E-state index is 0.245. The molecule has 1 aliphatic heterocycles. The van der Waals surface area contributed by atoms with Crippen molar-refractivity contribution in [2.24, 2.45) is 0 Å². The molecule has 0 saturated heterocycles. The summed E-state index contributed by atoms with van der Waals surface area (Å²) in [7, 11) is 0. The summed E-state index contributed by atoms with van der Waals surface area (Å²) < 4.78 is 2.58. The first kappa shape index (κ1) is 12.2. The van der Waals surface area contributed by atoms with Crippen molar-refractivity contribution in [2.45, 2.75) is 13.0 Å². The summed E-state index contributed by atoms with van der Waals surface area (Å²) in [6.07, 6.45) is 0.902. The first-order valence-electron chi connectivity index (χ1n) is 6.01. The van der Waals surface area contributed by atoms with Gasteiger partial charge in [0.25, 0.3) is 0 Å². The second kappa shape index (κ2) is 4.70. The van der Waals surface area contributed by atoms with Crippen LogP contribution in [-0.4, -0.2) is 27.2 Å². The van der Waals surface area contributed by atoms with E-state index in [4.69, 9.17) is 0 Å². The zero-order valence-electron chi connectivity index (χ0n) is 10.1. The fraction of sp³-hybridized carbons (Fsp3) is 0.231. The maximum Gasteiger partial charge on any atom is 0.354 e. The van der Waals surface area contributed by atoms with E-state index in [-0.39, 0.29) is 5.69 Å². The summed E-state index contributed by atoms with van der Waals surface area (Å²) in [6, 6.07) is 7.51. The van der Waals surface area contributed by atoms with Crippen molar-refractivity contribution in [3.8, 4) is 11.3 Å². The van der Waals surface area contributed by atoms with Crippen LogP contribution < -0.4 is 5.32 Å². The molecule has 98 valence electrons. The molecule has 0 spiro atoms. The second-order valence-electron chi connectivity index (χ2n) is 4.35. The Morgan fingerprint density at radius 3 is 2.95 bits per heavy atom. The Kier molecular flexibility index (Phi) is 3.02. The molecule has 1 aromatic carbocycles. The number of carboxylic acids is 1. The Bertz CT molecular complexity index is 651. The number of hydrogen-bond donors (Lipinski definition) is 2.